The molecule has 0 aliphatic rings. The fourth-order valence-electron chi connectivity index (χ4n) is 1.79. The monoisotopic (exact) mass is 230 g/mol. The molecule has 0 amide bonds. The van der Waals surface area contributed by atoms with Crippen LogP contribution in [-0.4, -0.2) is 15.3 Å². The lowest BCUT2D eigenvalue weighted by molar-refractivity contribution is 0.365. The third-order valence-electron chi connectivity index (χ3n) is 2.85. The molecule has 0 atom stereocenters. The van der Waals surface area contributed by atoms with Crippen molar-refractivity contribution >= 4 is 0 Å². The van der Waals surface area contributed by atoms with E-state index < -0.39 is 5.75 Å². The molecule has 0 radical (unpaired) electrons. The van der Waals surface area contributed by atoms with Crippen LogP contribution in [0.5, 0.6) is 17.2 Å². The van der Waals surface area contributed by atoms with E-state index >= 15 is 0 Å². The van der Waals surface area contributed by atoms with Crippen molar-refractivity contribution in [3.8, 4) is 17.2 Å². The molecule has 0 bridgehead atoms. The molecule has 0 aliphatic carbocycles. The molecule has 88 valence electrons. The van der Waals surface area contributed by atoms with Crippen molar-refractivity contribution in [2.24, 2.45) is 0 Å². The summed E-state index contributed by atoms with van der Waals surface area (Å²) in [7, 11) is 0. The summed E-state index contributed by atoms with van der Waals surface area (Å²) in [6.45, 7) is 1.72. The van der Waals surface area contributed by atoms with Gasteiger partial charge in [0.2, 0.25) is 5.75 Å². The maximum Gasteiger partial charge on any atom is 0.200 e. The standard InChI is InChI=1S/C14H14O3/c1-9-11(7-10-5-3-2-4-6-10)8-12(15)14(17)13(9)16/h2-6,8,15-17H,7H2,1H3. The third kappa shape index (κ3) is 2.18. The van der Waals surface area contributed by atoms with Gasteiger partial charge in [-0.3, -0.25) is 0 Å². The van der Waals surface area contributed by atoms with Gasteiger partial charge in [0, 0.05) is 0 Å². The lowest BCUT2D eigenvalue weighted by Gasteiger charge is -2.10. The van der Waals surface area contributed by atoms with Gasteiger partial charge in [-0.05, 0) is 36.1 Å². The van der Waals surface area contributed by atoms with Crippen LogP contribution < -0.4 is 0 Å². The summed E-state index contributed by atoms with van der Waals surface area (Å²) in [5, 5.41) is 28.5. The number of phenols is 3. The van der Waals surface area contributed by atoms with Gasteiger partial charge in [-0.25, -0.2) is 0 Å². The lowest BCUT2D eigenvalue weighted by Crippen LogP contribution is -1.92. The Morgan fingerprint density at radius 2 is 1.59 bits per heavy atom. The van der Waals surface area contributed by atoms with Crippen LogP contribution in [0.2, 0.25) is 0 Å². The van der Waals surface area contributed by atoms with Crippen LogP contribution in [0.4, 0.5) is 0 Å². The van der Waals surface area contributed by atoms with Crippen molar-refractivity contribution in [1.29, 1.82) is 0 Å². The highest BCUT2D eigenvalue weighted by Crippen LogP contribution is 2.39. The predicted molar refractivity (Wildman–Crippen MR) is 65.4 cm³/mol. The van der Waals surface area contributed by atoms with E-state index in [0.717, 1.165) is 11.1 Å². The molecular formula is C14H14O3. The van der Waals surface area contributed by atoms with Gasteiger partial charge < -0.3 is 15.3 Å². The highest BCUT2D eigenvalue weighted by molar-refractivity contribution is 5.57. The van der Waals surface area contributed by atoms with E-state index in [1.807, 2.05) is 30.3 Å². The van der Waals surface area contributed by atoms with Crippen LogP contribution in [0.25, 0.3) is 0 Å². The van der Waals surface area contributed by atoms with Crippen molar-refractivity contribution in [3.05, 3.63) is 53.1 Å². The van der Waals surface area contributed by atoms with Crippen molar-refractivity contribution in [1.82, 2.24) is 0 Å². The number of hydrogen-bond donors (Lipinski definition) is 3. The molecule has 0 fully saturated rings. The Kier molecular flexibility index (Phi) is 2.91. The minimum atomic E-state index is -0.459. The van der Waals surface area contributed by atoms with Crippen LogP contribution in [-0.2, 0) is 6.42 Å². The number of aromatic hydroxyl groups is 3. The number of hydrogen-bond acceptors (Lipinski definition) is 3. The first kappa shape index (κ1) is 11.3. The summed E-state index contributed by atoms with van der Waals surface area (Å²) in [5.41, 5.74) is 2.47. The van der Waals surface area contributed by atoms with Crippen LogP contribution in [0.3, 0.4) is 0 Å². The van der Waals surface area contributed by atoms with Crippen LogP contribution in [0.1, 0.15) is 16.7 Å². The first-order chi connectivity index (χ1) is 8.09. The summed E-state index contributed by atoms with van der Waals surface area (Å²) in [4.78, 5) is 0. The summed E-state index contributed by atoms with van der Waals surface area (Å²) < 4.78 is 0. The van der Waals surface area contributed by atoms with Crippen molar-refractivity contribution in [2.45, 2.75) is 13.3 Å². The molecule has 0 unspecified atom stereocenters. The molecule has 0 saturated carbocycles. The second kappa shape index (κ2) is 4.37. The maximum atomic E-state index is 9.64. The Hall–Kier alpha value is -2.16. The average Bonchev–Trinajstić information content (AvgIpc) is 2.35. The summed E-state index contributed by atoms with van der Waals surface area (Å²) >= 11 is 0. The minimum Gasteiger partial charge on any atom is -0.504 e. The quantitative estimate of drug-likeness (QED) is 0.695. The molecule has 2 aromatic carbocycles. The molecule has 0 aliphatic heterocycles. The normalized spacial score (nSPS) is 10.4. The van der Waals surface area contributed by atoms with Gasteiger partial charge in [0.1, 0.15) is 0 Å². The molecule has 3 heteroatoms. The van der Waals surface area contributed by atoms with Gasteiger partial charge in [0.15, 0.2) is 11.5 Å². The van der Waals surface area contributed by atoms with E-state index in [2.05, 4.69) is 0 Å². The number of phenolic OH excluding ortho intramolecular Hbond substituents is 3. The molecule has 3 N–H and O–H groups in total. The van der Waals surface area contributed by atoms with Crippen LogP contribution >= 0.6 is 0 Å². The van der Waals surface area contributed by atoms with Crippen molar-refractivity contribution in [3.63, 3.8) is 0 Å². The Labute approximate surface area is 99.6 Å². The second-order valence-corrected chi connectivity index (χ2v) is 4.04. The van der Waals surface area contributed by atoms with Crippen molar-refractivity contribution in [2.75, 3.05) is 0 Å². The zero-order chi connectivity index (χ0) is 12.4. The van der Waals surface area contributed by atoms with Gasteiger partial charge in [0.25, 0.3) is 0 Å². The fourth-order valence-corrected chi connectivity index (χ4v) is 1.79. The summed E-state index contributed by atoms with van der Waals surface area (Å²) in [5.74, 6) is -1.01. The summed E-state index contributed by atoms with van der Waals surface area (Å²) in [6.07, 6.45) is 0.605. The Morgan fingerprint density at radius 3 is 2.24 bits per heavy atom. The minimum absolute atomic E-state index is 0.254. The van der Waals surface area contributed by atoms with Crippen LogP contribution in [0.15, 0.2) is 36.4 Å². The first-order valence-electron chi connectivity index (χ1n) is 5.37. The number of benzene rings is 2. The molecule has 2 rings (SSSR count). The van der Waals surface area contributed by atoms with Crippen molar-refractivity contribution < 1.29 is 15.3 Å². The van der Waals surface area contributed by atoms with E-state index in [-0.39, 0.29) is 11.5 Å². The van der Waals surface area contributed by atoms with E-state index in [0.29, 0.717) is 12.0 Å². The fraction of sp³-hybridized carbons (Fsp3) is 0.143. The summed E-state index contributed by atoms with van der Waals surface area (Å²) in [6, 6.07) is 11.2. The van der Waals surface area contributed by atoms with Gasteiger partial charge in [0.05, 0.1) is 0 Å². The zero-order valence-corrected chi connectivity index (χ0v) is 9.51. The molecule has 0 saturated heterocycles. The van der Waals surface area contributed by atoms with Gasteiger partial charge in [-0.15, -0.1) is 0 Å². The van der Waals surface area contributed by atoms with Gasteiger partial charge in [-0.2, -0.15) is 0 Å². The second-order valence-electron chi connectivity index (χ2n) is 4.04. The smallest absolute Gasteiger partial charge is 0.200 e. The highest BCUT2D eigenvalue weighted by atomic mass is 16.3. The number of rotatable bonds is 2. The average molecular weight is 230 g/mol. The topological polar surface area (TPSA) is 60.7 Å². The molecule has 0 spiro atoms. The largest absolute Gasteiger partial charge is 0.504 e. The third-order valence-corrected chi connectivity index (χ3v) is 2.85. The van der Waals surface area contributed by atoms with E-state index in [4.69, 9.17) is 0 Å². The maximum absolute atomic E-state index is 9.64. The van der Waals surface area contributed by atoms with E-state index in [9.17, 15) is 15.3 Å². The van der Waals surface area contributed by atoms with E-state index in [1.54, 1.807) is 6.92 Å². The molecule has 0 aromatic heterocycles. The molecule has 17 heavy (non-hydrogen) atoms. The van der Waals surface area contributed by atoms with Gasteiger partial charge in [-0.1, -0.05) is 30.3 Å². The molecule has 2 aromatic rings. The Morgan fingerprint density at radius 1 is 0.941 bits per heavy atom. The predicted octanol–water partition coefficient (Wildman–Crippen LogP) is 2.70. The van der Waals surface area contributed by atoms with Gasteiger partial charge >= 0.3 is 0 Å². The SMILES string of the molecule is Cc1c(Cc2ccccc2)cc(O)c(O)c1O. The Bertz CT molecular complexity index is 533. The molecule has 3 nitrogen and oxygen atoms in total. The van der Waals surface area contributed by atoms with Crippen LogP contribution in [0, 0.1) is 6.92 Å². The van der Waals surface area contributed by atoms with E-state index in [1.165, 1.54) is 6.07 Å². The first-order valence-corrected chi connectivity index (χ1v) is 5.37. The zero-order valence-electron chi connectivity index (χ0n) is 9.51. The Balaban J connectivity index is 2.41. The highest BCUT2D eigenvalue weighted by Gasteiger charge is 2.13. The lowest BCUT2D eigenvalue weighted by atomic mass is 9.99. The molecular weight excluding hydrogens is 216 g/mol. The molecule has 0 heterocycles.